The van der Waals surface area contributed by atoms with Gasteiger partial charge in [-0.3, -0.25) is 14.5 Å². The molecule has 3 aromatic carbocycles. The van der Waals surface area contributed by atoms with E-state index in [1.807, 2.05) is 60.4 Å². The topological polar surface area (TPSA) is 58.4 Å². The molecule has 6 nitrogen and oxygen atoms in total. The second-order valence-electron chi connectivity index (χ2n) is 10.2. The number of aryl methyl sites for hydroxylation is 1. The molecule has 1 aromatic heterocycles. The van der Waals surface area contributed by atoms with Crippen molar-refractivity contribution < 1.29 is 14.0 Å². The van der Waals surface area contributed by atoms with Crippen LogP contribution in [0.1, 0.15) is 34.8 Å². The van der Waals surface area contributed by atoms with Crippen LogP contribution in [0, 0.1) is 12.7 Å². The number of hydrogen-bond acceptors (Lipinski definition) is 4. The van der Waals surface area contributed by atoms with Gasteiger partial charge in [0.15, 0.2) is 0 Å². The summed E-state index contributed by atoms with van der Waals surface area (Å²) < 4.78 is 15.7. The molecule has 6 rings (SSSR count). The van der Waals surface area contributed by atoms with E-state index in [0.29, 0.717) is 29.6 Å². The second-order valence-corrected chi connectivity index (χ2v) is 11.7. The van der Waals surface area contributed by atoms with E-state index in [1.54, 1.807) is 21.7 Å². The number of anilines is 1. The number of rotatable bonds is 5. The first kappa shape index (κ1) is 26.6. The van der Waals surface area contributed by atoms with Crippen molar-refractivity contribution >= 4 is 41.0 Å². The van der Waals surface area contributed by atoms with Crippen LogP contribution in [-0.2, 0) is 9.59 Å². The Hall–Kier alpha value is -3.62. The lowest BCUT2D eigenvalue weighted by Crippen LogP contribution is -2.43. The van der Waals surface area contributed by atoms with Crippen LogP contribution in [0.4, 0.5) is 10.2 Å². The molecule has 2 amide bonds. The Morgan fingerprint density at radius 2 is 1.68 bits per heavy atom. The van der Waals surface area contributed by atoms with Gasteiger partial charge in [0.05, 0.1) is 22.4 Å². The van der Waals surface area contributed by atoms with E-state index in [1.165, 1.54) is 23.9 Å². The molecule has 0 radical (unpaired) electrons. The molecular formula is C31H28ClFN4O2S. The van der Waals surface area contributed by atoms with Crippen molar-refractivity contribution in [2.45, 2.75) is 25.0 Å². The number of hydrogen-bond donors (Lipinski definition) is 0. The maximum absolute atomic E-state index is 13.9. The number of carbonyl (C=O) groups is 2. The van der Waals surface area contributed by atoms with Gasteiger partial charge in [-0.05, 0) is 61.7 Å². The van der Waals surface area contributed by atoms with E-state index in [4.69, 9.17) is 16.7 Å². The second kappa shape index (κ2) is 11.1. The van der Waals surface area contributed by atoms with Gasteiger partial charge in [-0.15, -0.1) is 11.8 Å². The van der Waals surface area contributed by atoms with Crippen molar-refractivity contribution in [3.8, 4) is 16.9 Å². The number of aromatic nitrogens is 2. The quantitative estimate of drug-likeness (QED) is 0.275. The summed E-state index contributed by atoms with van der Waals surface area (Å²) in [4.78, 5) is 30.6. The zero-order chi connectivity index (χ0) is 27.8. The van der Waals surface area contributed by atoms with Crippen LogP contribution in [0.2, 0.25) is 5.02 Å². The summed E-state index contributed by atoms with van der Waals surface area (Å²) in [7, 11) is 0. The normalized spacial score (nSPS) is 17.2. The lowest BCUT2D eigenvalue weighted by Gasteiger charge is -2.25. The molecular weight excluding hydrogens is 547 g/mol. The van der Waals surface area contributed by atoms with Gasteiger partial charge in [0, 0.05) is 29.2 Å². The summed E-state index contributed by atoms with van der Waals surface area (Å²) in [6, 6.07) is 21.7. The summed E-state index contributed by atoms with van der Waals surface area (Å²) in [5.74, 6) is 0.152. The van der Waals surface area contributed by atoms with Gasteiger partial charge in [-0.25, -0.2) is 9.07 Å². The van der Waals surface area contributed by atoms with Crippen LogP contribution >= 0.6 is 23.4 Å². The Bertz CT molecular complexity index is 1550. The number of fused-ring (bicyclic) bond motifs is 1. The molecule has 1 saturated heterocycles. The van der Waals surface area contributed by atoms with Crippen LogP contribution in [0.15, 0.2) is 72.8 Å². The molecule has 0 N–H and O–H groups in total. The lowest BCUT2D eigenvalue weighted by molar-refractivity contribution is -0.130. The number of likely N-dealkylation sites (tertiary alicyclic amines) is 1. The SMILES string of the molecule is Cc1ccc(-n2nc(-c3ccc(Cl)cc3)c3c2N(CC(=O)N2CCCC2)C(=O)CSC3c2ccc(F)cc2)cc1. The number of carbonyl (C=O) groups excluding carboxylic acids is 2. The summed E-state index contributed by atoms with van der Waals surface area (Å²) in [6.45, 7) is 3.35. The van der Waals surface area contributed by atoms with Crippen molar-refractivity contribution in [3.05, 3.63) is 100 Å². The van der Waals surface area contributed by atoms with E-state index < -0.39 is 0 Å². The van der Waals surface area contributed by atoms with Crippen molar-refractivity contribution in [2.75, 3.05) is 30.3 Å². The monoisotopic (exact) mass is 574 g/mol. The molecule has 2 aliphatic heterocycles. The van der Waals surface area contributed by atoms with E-state index >= 15 is 0 Å². The van der Waals surface area contributed by atoms with E-state index in [-0.39, 0.29) is 35.2 Å². The van der Waals surface area contributed by atoms with Crippen LogP contribution in [0.5, 0.6) is 0 Å². The number of thioether (sulfide) groups is 1. The predicted molar refractivity (Wildman–Crippen MR) is 158 cm³/mol. The van der Waals surface area contributed by atoms with Crippen LogP contribution in [0.25, 0.3) is 16.9 Å². The molecule has 0 spiro atoms. The van der Waals surface area contributed by atoms with Gasteiger partial charge in [-0.2, -0.15) is 5.10 Å². The Kier molecular flexibility index (Phi) is 7.38. The summed E-state index contributed by atoms with van der Waals surface area (Å²) in [5, 5.41) is 5.36. The molecule has 1 atom stereocenters. The summed E-state index contributed by atoms with van der Waals surface area (Å²) in [6.07, 6.45) is 1.94. The molecule has 0 saturated carbocycles. The first-order valence-electron chi connectivity index (χ1n) is 13.3. The largest absolute Gasteiger partial charge is 0.341 e. The number of nitrogens with zero attached hydrogens (tertiary/aromatic N) is 4. The number of halogens is 2. The van der Waals surface area contributed by atoms with Gasteiger partial charge in [0.1, 0.15) is 18.2 Å². The molecule has 0 bridgehead atoms. The van der Waals surface area contributed by atoms with Crippen LogP contribution in [0.3, 0.4) is 0 Å². The van der Waals surface area contributed by atoms with Gasteiger partial charge < -0.3 is 4.90 Å². The fourth-order valence-electron chi connectivity index (χ4n) is 5.31. The predicted octanol–water partition coefficient (Wildman–Crippen LogP) is 6.43. The minimum Gasteiger partial charge on any atom is -0.341 e. The smallest absolute Gasteiger partial charge is 0.242 e. The minimum atomic E-state index is -0.329. The zero-order valence-electron chi connectivity index (χ0n) is 22.0. The third-order valence-electron chi connectivity index (χ3n) is 7.41. The van der Waals surface area contributed by atoms with E-state index in [2.05, 4.69) is 0 Å². The molecule has 3 heterocycles. The molecule has 1 unspecified atom stereocenters. The maximum atomic E-state index is 13.9. The summed E-state index contributed by atoms with van der Waals surface area (Å²) in [5.41, 5.74) is 5.04. The van der Waals surface area contributed by atoms with Crippen molar-refractivity contribution in [1.82, 2.24) is 14.7 Å². The Labute approximate surface area is 241 Å². The summed E-state index contributed by atoms with van der Waals surface area (Å²) >= 11 is 7.69. The zero-order valence-corrected chi connectivity index (χ0v) is 23.6. The standard InChI is InChI=1S/C31H28ClFN4O2S/c1-20-4-14-25(15-5-20)37-31-28(29(34-37)21-6-10-23(32)11-7-21)30(22-8-12-24(33)13-9-22)40-19-27(39)36(31)18-26(38)35-16-2-3-17-35/h4-15,30H,2-3,16-19H2,1H3. The average molecular weight is 575 g/mol. The average Bonchev–Trinajstić information content (AvgIpc) is 3.60. The highest BCUT2D eigenvalue weighted by Gasteiger charge is 2.38. The van der Waals surface area contributed by atoms with Gasteiger partial charge in [0.2, 0.25) is 11.8 Å². The highest BCUT2D eigenvalue weighted by atomic mass is 35.5. The third kappa shape index (κ3) is 5.13. The lowest BCUT2D eigenvalue weighted by atomic mass is 9.99. The Morgan fingerprint density at radius 3 is 2.35 bits per heavy atom. The van der Waals surface area contributed by atoms with Crippen molar-refractivity contribution in [3.63, 3.8) is 0 Å². The van der Waals surface area contributed by atoms with Crippen LogP contribution < -0.4 is 4.90 Å². The molecule has 204 valence electrons. The van der Waals surface area contributed by atoms with E-state index in [0.717, 1.165) is 40.8 Å². The molecule has 9 heteroatoms. The van der Waals surface area contributed by atoms with Gasteiger partial charge in [-0.1, -0.05) is 53.6 Å². The third-order valence-corrected chi connectivity index (χ3v) is 8.92. The molecule has 40 heavy (non-hydrogen) atoms. The molecule has 0 aliphatic carbocycles. The first-order chi connectivity index (χ1) is 19.4. The number of amides is 2. The van der Waals surface area contributed by atoms with Gasteiger partial charge in [0.25, 0.3) is 0 Å². The van der Waals surface area contributed by atoms with Crippen LogP contribution in [-0.4, -0.2) is 51.9 Å². The minimum absolute atomic E-state index is 0.0693. The van der Waals surface area contributed by atoms with Gasteiger partial charge >= 0.3 is 0 Å². The number of benzene rings is 3. The van der Waals surface area contributed by atoms with Crippen molar-refractivity contribution in [2.24, 2.45) is 0 Å². The highest BCUT2D eigenvalue weighted by molar-refractivity contribution is 8.00. The molecule has 1 fully saturated rings. The molecule has 4 aromatic rings. The highest BCUT2D eigenvalue weighted by Crippen LogP contribution is 2.48. The molecule has 2 aliphatic rings. The maximum Gasteiger partial charge on any atom is 0.242 e. The fourth-order valence-corrected chi connectivity index (χ4v) is 6.63. The fraction of sp³-hybridized carbons (Fsp3) is 0.258. The Balaban J connectivity index is 1.60. The van der Waals surface area contributed by atoms with Crippen molar-refractivity contribution in [1.29, 1.82) is 0 Å². The first-order valence-corrected chi connectivity index (χ1v) is 14.7. The Morgan fingerprint density at radius 1 is 1.00 bits per heavy atom. The van der Waals surface area contributed by atoms with E-state index in [9.17, 15) is 14.0 Å².